The van der Waals surface area contributed by atoms with Crippen molar-refractivity contribution in [3.05, 3.63) is 0 Å². The summed E-state index contributed by atoms with van der Waals surface area (Å²) in [5, 5.41) is 3.50. The average molecular weight is 156 g/mol. The molecule has 2 bridgehead atoms. The summed E-state index contributed by atoms with van der Waals surface area (Å²) in [6, 6.07) is 0.684. The summed E-state index contributed by atoms with van der Waals surface area (Å²) < 4.78 is 5.43. The van der Waals surface area contributed by atoms with Gasteiger partial charge >= 0.3 is 0 Å². The van der Waals surface area contributed by atoms with Crippen LogP contribution in [0, 0.1) is 0 Å². The standard InChI is InChI=1S/C8H16N2O/c1-5-11-6-4-10-3-2-9-8(1)7-10/h8-9H,1-7H2. The van der Waals surface area contributed by atoms with Crippen molar-refractivity contribution in [3.8, 4) is 0 Å². The second-order valence-electron chi connectivity index (χ2n) is 3.35. The molecule has 0 aromatic rings. The minimum atomic E-state index is 0.684. The lowest BCUT2D eigenvalue weighted by Crippen LogP contribution is -2.52. The smallest absolute Gasteiger partial charge is 0.0593 e. The molecule has 0 aliphatic carbocycles. The highest BCUT2D eigenvalue weighted by Crippen LogP contribution is 2.05. The first-order valence-electron chi connectivity index (χ1n) is 4.48. The molecule has 0 radical (unpaired) electrons. The minimum Gasteiger partial charge on any atom is -0.380 e. The molecular weight excluding hydrogens is 140 g/mol. The molecule has 3 nitrogen and oxygen atoms in total. The Labute approximate surface area is 67.7 Å². The van der Waals surface area contributed by atoms with Crippen LogP contribution >= 0.6 is 0 Å². The van der Waals surface area contributed by atoms with Gasteiger partial charge in [-0.1, -0.05) is 0 Å². The summed E-state index contributed by atoms with van der Waals surface area (Å²) in [5.41, 5.74) is 0. The van der Waals surface area contributed by atoms with Crippen molar-refractivity contribution in [3.63, 3.8) is 0 Å². The first-order chi connectivity index (χ1) is 5.45. The summed E-state index contributed by atoms with van der Waals surface area (Å²) in [5.74, 6) is 0. The lowest BCUT2D eigenvalue weighted by atomic mass is 10.1. The molecule has 2 atom stereocenters. The highest BCUT2D eigenvalue weighted by atomic mass is 16.5. The fourth-order valence-corrected chi connectivity index (χ4v) is 1.81. The van der Waals surface area contributed by atoms with E-state index in [1.54, 1.807) is 0 Å². The van der Waals surface area contributed by atoms with Crippen LogP contribution in [0.5, 0.6) is 0 Å². The Balaban J connectivity index is 1.90. The van der Waals surface area contributed by atoms with Crippen molar-refractivity contribution in [2.24, 2.45) is 0 Å². The zero-order valence-electron chi connectivity index (χ0n) is 6.88. The zero-order valence-corrected chi connectivity index (χ0v) is 6.88. The third kappa shape index (κ3) is 1.92. The maximum atomic E-state index is 5.43. The number of nitrogens with zero attached hydrogens (tertiary/aromatic N) is 1. The normalized spacial score (nSPS) is 39.3. The van der Waals surface area contributed by atoms with E-state index in [1.165, 1.54) is 19.5 Å². The summed E-state index contributed by atoms with van der Waals surface area (Å²) in [7, 11) is 0. The first-order valence-corrected chi connectivity index (χ1v) is 4.48. The number of ether oxygens (including phenoxy) is 1. The van der Waals surface area contributed by atoms with E-state index in [-0.39, 0.29) is 0 Å². The fourth-order valence-electron chi connectivity index (χ4n) is 1.81. The highest BCUT2D eigenvalue weighted by molar-refractivity contribution is 4.79. The summed E-state index contributed by atoms with van der Waals surface area (Å²) >= 11 is 0. The quantitative estimate of drug-likeness (QED) is 0.520. The van der Waals surface area contributed by atoms with Crippen LogP contribution in [0.15, 0.2) is 0 Å². The van der Waals surface area contributed by atoms with E-state index in [2.05, 4.69) is 10.2 Å². The summed E-state index contributed by atoms with van der Waals surface area (Å²) in [4.78, 5) is 2.49. The van der Waals surface area contributed by atoms with Gasteiger partial charge < -0.3 is 10.1 Å². The maximum Gasteiger partial charge on any atom is 0.0593 e. The Hall–Kier alpha value is -0.120. The SMILES string of the molecule is C1CN2CCOCCC(C2)N1. The van der Waals surface area contributed by atoms with Crippen molar-refractivity contribution in [2.45, 2.75) is 12.5 Å². The Morgan fingerprint density at radius 3 is 3.27 bits per heavy atom. The second kappa shape index (κ2) is 3.52. The van der Waals surface area contributed by atoms with Gasteiger partial charge in [-0.15, -0.1) is 0 Å². The van der Waals surface area contributed by atoms with Gasteiger partial charge in [0.25, 0.3) is 0 Å². The number of nitrogens with one attached hydrogen (secondary N) is 1. The largest absolute Gasteiger partial charge is 0.380 e. The predicted molar refractivity (Wildman–Crippen MR) is 43.7 cm³/mol. The summed E-state index contributed by atoms with van der Waals surface area (Å²) in [6.07, 6.45) is 1.18. The van der Waals surface area contributed by atoms with Gasteiger partial charge in [0.2, 0.25) is 0 Å². The maximum absolute atomic E-state index is 5.43. The van der Waals surface area contributed by atoms with Gasteiger partial charge in [-0.05, 0) is 6.42 Å². The van der Waals surface area contributed by atoms with Crippen LogP contribution in [-0.2, 0) is 4.74 Å². The molecular formula is C8H16N2O. The number of fused-ring (bicyclic) bond motifs is 2. The minimum absolute atomic E-state index is 0.684. The van der Waals surface area contributed by atoms with Gasteiger partial charge in [-0.2, -0.15) is 0 Å². The topological polar surface area (TPSA) is 24.5 Å². The molecule has 1 N–H and O–H groups in total. The Kier molecular flexibility index (Phi) is 2.41. The second-order valence-corrected chi connectivity index (χ2v) is 3.35. The van der Waals surface area contributed by atoms with Gasteiger partial charge in [-0.25, -0.2) is 0 Å². The van der Waals surface area contributed by atoms with Crippen LogP contribution in [0.3, 0.4) is 0 Å². The molecule has 2 fully saturated rings. The zero-order chi connectivity index (χ0) is 7.52. The average Bonchev–Trinajstić information content (AvgIpc) is 2.02. The van der Waals surface area contributed by atoms with E-state index in [0.29, 0.717) is 6.04 Å². The highest BCUT2D eigenvalue weighted by Gasteiger charge is 2.20. The van der Waals surface area contributed by atoms with Gasteiger partial charge in [0.15, 0.2) is 0 Å². The molecule has 0 aromatic carbocycles. The van der Waals surface area contributed by atoms with Crippen molar-refractivity contribution in [2.75, 3.05) is 39.4 Å². The first kappa shape index (κ1) is 7.53. The molecule has 0 amide bonds. The monoisotopic (exact) mass is 156 g/mol. The molecule has 0 spiro atoms. The van der Waals surface area contributed by atoms with Crippen molar-refractivity contribution in [1.82, 2.24) is 10.2 Å². The van der Waals surface area contributed by atoms with E-state index in [4.69, 9.17) is 4.74 Å². The Morgan fingerprint density at radius 2 is 2.27 bits per heavy atom. The van der Waals surface area contributed by atoms with Crippen molar-refractivity contribution >= 4 is 0 Å². The van der Waals surface area contributed by atoms with Gasteiger partial charge in [-0.3, -0.25) is 4.90 Å². The van der Waals surface area contributed by atoms with Crippen LogP contribution in [0.2, 0.25) is 0 Å². The fraction of sp³-hybridized carbons (Fsp3) is 1.00. The summed E-state index contributed by atoms with van der Waals surface area (Å²) in [6.45, 7) is 6.56. The lowest BCUT2D eigenvalue weighted by Gasteiger charge is -2.35. The molecule has 3 heteroatoms. The van der Waals surface area contributed by atoms with E-state index in [1.807, 2.05) is 0 Å². The van der Waals surface area contributed by atoms with Gasteiger partial charge in [0, 0.05) is 38.8 Å². The molecule has 2 heterocycles. The van der Waals surface area contributed by atoms with Crippen molar-refractivity contribution in [1.29, 1.82) is 0 Å². The third-order valence-electron chi connectivity index (χ3n) is 2.50. The van der Waals surface area contributed by atoms with Gasteiger partial charge in [0.05, 0.1) is 6.61 Å². The van der Waals surface area contributed by atoms with Crippen LogP contribution in [0.1, 0.15) is 6.42 Å². The van der Waals surface area contributed by atoms with Crippen LogP contribution in [-0.4, -0.2) is 50.3 Å². The van der Waals surface area contributed by atoms with E-state index >= 15 is 0 Å². The molecule has 0 aromatic heterocycles. The molecule has 2 aliphatic heterocycles. The van der Waals surface area contributed by atoms with Crippen LogP contribution < -0.4 is 5.32 Å². The molecule has 2 unspecified atom stereocenters. The molecule has 2 rings (SSSR count). The predicted octanol–water partition coefficient (Wildman–Crippen LogP) is -0.319. The molecule has 2 aliphatic rings. The van der Waals surface area contributed by atoms with E-state index in [0.717, 1.165) is 26.3 Å². The van der Waals surface area contributed by atoms with Gasteiger partial charge in [0.1, 0.15) is 0 Å². The number of hydrogen-bond acceptors (Lipinski definition) is 3. The van der Waals surface area contributed by atoms with E-state index in [9.17, 15) is 0 Å². The number of hydrogen-bond donors (Lipinski definition) is 1. The number of rotatable bonds is 0. The molecule has 11 heavy (non-hydrogen) atoms. The number of piperazine rings is 1. The molecule has 0 saturated carbocycles. The van der Waals surface area contributed by atoms with Crippen molar-refractivity contribution < 1.29 is 4.74 Å². The van der Waals surface area contributed by atoms with E-state index < -0.39 is 0 Å². The van der Waals surface area contributed by atoms with Crippen LogP contribution in [0.25, 0.3) is 0 Å². The Bertz CT molecular complexity index is 117. The Morgan fingerprint density at radius 1 is 1.27 bits per heavy atom. The van der Waals surface area contributed by atoms with Crippen LogP contribution in [0.4, 0.5) is 0 Å². The molecule has 64 valence electrons. The third-order valence-corrected chi connectivity index (χ3v) is 2.50. The lowest BCUT2D eigenvalue weighted by molar-refractivity contribution is 0.0547. The molecule has 2 saturated heterocycles.